The van der Waals surface area contributed by atoms with Crippen molar-refractivity contribution >= 4 is 39.3 Å². The monoisotopic (exact) mass is 379 g/mol. The summed E-state index contributed by atoms with van der Waals surface area (Å²) in [6, 6.07) is 17.7. The summed E-state index contributed by atoms with van der Waals surface area (Å²) in [6.45, 7) is 4.00. The quantitative estimate of drug-likeness (QED) is 0.633. The minimum atomic E-state index is -0.218. The Morgan fingerprint density at radius 1 is 1.00 bits per heavy atom. The molecule has 1 fully saturated rings. The van der Waals surface area contributed by atoms with E-state index in [0.29, 0.717) is 5.69 Å². The van der Waals surface area contributed by atoms with E-state index in [2.05, 4.69) is 25.8 Å². The zero-order valence-corrected chi connectivity index (χ0v) is 15.6. The van der Waals surface area contributed by atoms with Crippen molar-refractivity contribution in [3.63, 3.8) is 0 Å². The lowest BCUT2D eigenvalue weighted by molar-refractivity contribution is 0.102. The van der Waals surface area contributed by atoms with Crippen molar-refractivity contribution in [2.75, 3.05) is 41.7 Å². The van der Waals surface area contributed by atoms with Crippen molar-refractivity contribution in [1.29, 1.82) is 0 Å². The summed E-state index contributed by atoms with van der Waals surface area (Å²) in [4.78, 5) is 19.2. The first-order valence-electron chi connectivity index (χ1n) is 8.92. The number of benzene rings is 2. The molecule has 1 aliphatic heterocycles. The van der Waals surface area contributed by atoms with Crippen LogP contribution in [0.5, 0.6) is 0 Å². The molecule has 0 aliphatic carbocycles. The molecule has 4 rings (SSSR count). The van der Waals surface area contributed by atoms with Gasteiger partial charge < -0.3 is 20.9 Å². The van der Waals surface area contributed by atoms with E-state index >= 15 is 0 Å². The largest absolute Gasteiger partial charge is 0.369 e. The summed E-state index contributed by atoms with van der Waals surface area (Å²) >= 11 is 1.41. The van der Waals surface area contributed by atoms with E-state index in [4.69, 9.17) is 0 Å². The van der Waals surface area contributed by atoms with Crippen LogP contribution in [-0.2, 0) is 0 Å². The molecule has 1 saturated heterocycles. The summed E-state index contributed by atoms with van der Waals surface area (Å²) in [6.07, 6.45) is 0. The molecule has 0 bridgehead atoms. The van der Waals surface area contributed by atoms with Crippen LogP contribution in [-0.4, -0.2) is 37.1 Å². The van der Waals surface area contributed by atoms with Gasteiger partial charge in [-0.1, -0.05) is 18.2 Å². The molecular weight excluding hydrogens is 358 g/mol. The molecule has 0 spiro atoms. The molecule has 0 radical (unpaired) electrons. The van der Waals surface area contributed by atoms with Crippen molar-refractivity contribution in [3.05, 3.63) is 65.8 Å². The van der Waals surface area contributed by atoms with Crippen LogP contribution < -0.4 is 20.9 Å². The maximum atomic E-state index is 12.6. The number of hydrogen-bond acceptors (Lipinski definition) is 6. The summed E-state index contributed by atoms with van der Waals surface area (Å²) in [5.41, 5.74) is 4.94. The first-order valence-corrected chi connectivity index (χ1v) is 9.80. The van der Waals surface area contributed by atoms with Crippen LogP contribution in [0.1, 0.15) is 10.5 Å². The van der Waals surface area contributed by atoms with Crippen LogP contribution in [0.25, 0.3) is 0 Å². The highest BCUT2D eigenvalue weighted by Crippen LogP contribution is 2.26. The van der Waals surface area contributed by atoms with Gasteiger partial charge in [0.1, 0.15) is 5.00 Å². The molecule has 7 heteroatoms. The number of nitrogens with zero attached hydrogens (tertiary/aromatic N) is 2. The van der Waals surface area contributed by atoms with Gasteiger partial charge in [-0.25, -0.2) is 4.98 Å². The molecule has 0 saturated carbocycles. The van der Waals surface area contributed by atoms with Crippen LogP contribution in [0.2, 0.25) is 0 Å². The van der Waals surface area contributed by atoms with Gasteiger partial charge in [-0.3, -0.25) is 4.79 Å². The highest BCUT2D eigenvalue weighted by atomic mass is 32.1. The molecule has 3 aromatic rings. The average molecular weight is 379 g/mol. The Bertz CT molecular complexity index is 888. The first kappa shape index (κ1) is 17.5. The lowest BCUT2D eigenvalue weighted by Gasteiger charge is -2.29. The number of anilines is 4. The number of carbonyl (C=O) groups excluding carboxylic acids is 1. The van der Waals surface area contributed by atoms with Crippen molar-refractivity contribution in [1.82, 2.24) is 10.3 Å². The Balaban J connectivity index is 1.43. The SMILES string of the molecule is O=C(Nc1ccc(N2CCNCC2)cc1)c1ncsc1Nc1ccccc1. The third kappa shape index (κ3) is 4.27. The topological polar surface area (TPSA) is 69.3 Å². The number of aromatic nitrogens is 1. The van der Waals surface area contributed by atoms with Crippen LogP contribution in [0.15, 0.2) is 60.1 Å². The zero-order chi connectivity index (χ0) is 18.5. The van der Waals surface area contributed by atoms with Gasteiger partial charge in [0.2, 0.25) is 0 Å². The number of para-hydroxylation sites is 1. The maximum absolute atomic E-state index is 12.6. The van der Waals surface area contributed by atoms with Crippen molar-refractivity contribution in [2.45, 2.75) is 0 Å². The average Bonchev–Trinajstić information content (AvgIpc) is 3.18. The molecule has 3 N–H and O–H groups in total. The number of thiazole rings is 1. The minimum Gasteiger partial charge on any atom is -0.369 e. The maximum Gasteiger partial charge on any atom is 0.277 e. The van der Waals surface area contributed by atoms with Gasteiger partial charge >= 0.3 is 0 Å². The molecule has 0 unspecified atom stereocenters. The van der Waals surface area contributed by atoms with E-state index in [1.165, 1.54) is 17.0 Å². The van der Waals surface area contributed by atoms with Gasteiger partial charge in [-0.05, 0) is 36.4 Å². The number of amides is 1. The fourth-order valence-corrected chi connectivity index (χ4v) is 3.72. The van der Waals surface area contributed by atoms with Crippen molar-refractivity contribution in [2.24, 2.45) is 0 Å². The zero-order valence-electron chi connectivity index (χ0n) is 14.8. The summed E-state index contributed by atoms with van der Waals surface area (Å²) < 4.78 is 0. The van der Waals surface area contributed by atoms with Crippen LogP contribution in [0.4, 0.5) is 22.1 Å². The van der Waals surface area contributed by atoms with Crippen LogP contribution in [0, 0.1) is 0 Å². The highest BCUT2D eigenvalue weighted by molar-refractivity contribution is 7.14. The second-order valence-electron chi connectivity index (χ2n) is 6.26. The second-order valence-corrected chi connectivity index (χ2v) is 7.11. The Morgan fingerprint density at radius 3 is 2.48 bits per heavy atom. The van der Waals surface area contributed by atoms with E-state index in [1.807, 2.05) is 54.6 Å². The van der Waals surface area contributed by atoms with Gasteiger partial charge in [-0.15, -0.1) is 11.3 Å². The second kappa shape index (κ2) is 8.20. The number of hydrogen-bond donors (Lipinski definition) is 3. The molecule has 27 heavy (non-hydrogen) atoms. The Kier molecular flexibility index (Phi) is 5.32. The highest BCUT2D eigenvalue weighted by Gasteiger charge is 2.16. The van der Waals surface area contributed by atoms with E-state index < -0.39 is 0 Å². The van der Waals surface area contributed by atoms with E-state index in [9.17, 15) is 4.79 Å². The lowest BCUT2D eigenvalue weighted by Crippen LogP contribution is -2.43. The third-order valence-electron chi connectivity index (χ3n) is 4.42. The standard InChI is InChI=1S/C20H21N5OS/c26-19(18-20(27-14-22-18)24-15-4-2-1-3-5-15)23-16-6-8-17(9-7-16)25-12-10-21-11-13-25/h1-9,14,21,24H,10-13H2,(H,23,26). The van der Waals surface area contributed by atoms with Gasteiger partial charge in [0.05, 0.1) is 5.51 Å². The fourth-order valence-electron chi connectivity index (χ4n) is 3.02. The van der Waals surface area contributed by atoms with Gasteiger partial charge in [-0.2, -0.15) is 0 Å². The first-order chi connectivity index (χ1) is 13.3. The predicted octanol–water partition coefficient (Wildman–Crippen LogP) is 3.55. The number of piperazine rings is 1. The Labute approximate surface area is 162 Å². The summed E-state index contributed by atoms with van der Waals surface area (Å²) in [5.74, 6) is -0.218. The molecule has 138 valence electrons. The minimum absolute atomic E-state index is 0.218. The molecule has 2 heterocycles. The molecule has 0 atom stereocenters. The van der Waals surface area contributed by atoms with Gasteiger partial charge in [0, 0.05) is 43.2 Å². The molecule has 6 nitrogen and oxygen atoms in total. The molecule has 1 aromatic heterocycles. The lowest BCUT2D eigenvalue weighted by atomic mass is 10.2. The smallest absolute Gasteiger partial charge is 0.277 e. The van der Waals surface area contributed by atoms with Gasteiger partial charge in [0.25, 0.3) is 5.91 Å². The molecule has 1 aliphatic rings. The normalized spacial score (nSPS) is 14.0. The molecular formula is C20H21N5OS. The van der Waals surface area contributed by atoms with E-state index in [1.54, 1.807) is 5.51 Å². The predicted molar refractivity (Wildman–Crippen MR) is 111 cm³/mol. The third-order valence-corrected chi connectivity index (χ3v) is 5.16. The van der Waals surface area contributed by atoms with Crippen LogP contribution in [0.3, 0.4) is 0 Å². The molecule has 1 amide bonds. The summed E-state index contributed by atoms with van der Waals surface area (Å²) in [7, 11) is 0. The van der Waals surface area contributed by atoms with Crippen molar-refractivity contribution < 1.29 is 4.79 Å². The summed E-state index contributed by atoms with van der Waals surface area (Å²) in [5, 5.41) is 10.3. The van der Waals surface area contributed by atoms with E-state index in [-0.39, 0.29) is 5.91 Å². The number of carbonyl (C=O) groups is 1. The van der Waals surface area contributed by atoms with E-state index in [0.717, 1.165) is 42.6 Å². The number of rotatable bonds is 5. The fraction of sp³-hybridized carbons (Fsp3) is 0.200. The Hall–Kier alpha value is -2.90. The number of nitrogens with one attached hydrogen (secondary N) is 3. The Morgan fingerprint density at radius 2 is 1.74 bits per heavy atom. The van der Waals surface area contributed by atoms with Crippen molar-refractivity contribution in [3.8, 4) is 0 Å². The van der Waals surface area contributed by atoms with Gasteiger partial charge in [0.15, 0.2) is 5.69 Å². The van der Waals surface area contributed by atoms with Crippen LogP contribution >= 0.6 is 11.3 Å². The molecule has 2 aromatic carbocycles.